The van der Waals surface area contributed by atoms with Crippen molar-refractivity contribution in [2.75, 3.05) is 20.3 Å². The number of rotatable bonds is 6. The first kappa shape index (κ1) is 13.8. The normalized spacial score (nSPS) is 12.8. The quantitative estimate of drug-likeness (QED) is 0.844. The summed E-state index contributed by atoms with van der Waals surface area (Å²) in [6, 6.07) is 5.90. The van der Waals surface area contributed by atoms with Gasteiger partial charge in [-0.3, -0.25) is 0 Å². The summed E-state index contributed by atoms with van der Waals surface area (Å²) in [5.41, 5.74) is 1.04. The van der Waals surface area contributed by atoms with Gasteiger partial charge >= 0.3 is 0 Å². The van der Waals surface area contributed by atoms with Crippen molar-refractivity contribution in [1.82, 2.24) is 5.32 Å². The van der Waals surface area contributed by atoms with Gasteiger partial charge in [0.15, 0.2) is 0 Å². The highest BCUT2D eigenvalue weighted by molar-refractivity contribution is 6.42. The van der Waals surface area contributed by atoms with Crippen molar-refractivity contribution in [3.63, 3.8) is 0 Å². The SMILES string of the molecule is CCNC(CCOC)c1cccc(Cl)c1Cl. The Hall–Kier alpha value is -0.280. The van der Waals surface area contributed by atoms with Crippen molar-refractivity contribution in [3.8, 4) is 0 Å². The molecule has 4 heteroatoms. The van der Waals surface area contributed by atoms with Gasteiger partial charge < -0.3 is 10.1 Å². The molecular weight excluding hydrogens is 245 g/mol. The number of hydrogen-bond donors (Lipinski definition) is 1. The largest absolute Gasteiger partial charge is 0.385 e. The Morgan fingerprint density at radius 3 is 2.75 bits per heavy atom. The molecule has 1 unspecified atom stereocenters. The molecule has 0 heterocycles. The molecule has 0 bridgehead atoms. The third-order valence-corrected chi connectivity index (χ3v) is 3.25. The Balaban J connectivity index is 2.86. The van der Waals surface area contributed by atoms with E-state index in [9.17, 15) is 0 Å². The number of nitrogens with one attached hydrogen (secondary N) is 1. The molecule has 2 nitrogen and oxygen atoms in total. The van der Waals surface area contributed by atoms with E-state index in [1.54, 1.807) is 13.2 Å². The summed E-state index contributed by atoms with van der Waals surface area (Å²) in [5, 5.41) is 4.61. The summed E-state index contributed by atoms with van der Waals surface area (Å²) in [7, 11) is 1.70. The zero-order chi connectivity index (χ0) is 12.0. The van der Waals surface area contributed by atoms with Gasteiger partial charge in [0, 0.05) is 19.8 Å². The zero-order valence-electron chi connectivity index (χ0n) is 9.59. The molecule has 0 amide bonds. The van der Waals surface area contributed by atoms with Gasteiger partial charge in [0.05, 0.1) is 10.0 Å². The number of hydrogen-bond acceptors (Lipinski definition) is 2. The molecule has 16 heavy (non-hydrogen) atoms. The molecule has 0 fully saturated rings. The standard InChI is InChI=1S/C12H17Cl2NO/c1-3-15-11(7-8-16-2)9-5-4-6-10(13)12(9)14/h4-6,11,15H,3,7-8H2,1-2H3. The van der Waals surface area contributed by atoms with Crippen LogP contribution in [0.1, 0.15) is 24.9 Å². The van der Waals surface area contributed by atoms with E-state index in [-0.39, 0.29) is 6.04 Å². The molecule has 1 aromatic carbocycles. The summed E-state index contributed by atoms with van der Waals surface area (Å²) < 4.78 is 5.09. The van der Waals surface area contributed by atoms with E-state index in [4.69, 9.17) is 27.9 Å². The molecule has 0 aliphatic heterocycles. The minimum absolute atomic E-state index is 0.191. The Kier molecular flexibility index (Phi) is 6.14. The second-order valence-electron chi connectivity index (χ2n) is 3.53. The Morgan fingerprint density at radius 1 is 1.38 bits per heavy atom. The van der Waals surface area contributed by atoms with Crippen molar-refractivity contribution < 1.29 is 4.74 Å². The van der Waals surface area contributed by atoms with Gasteiger partial charge in [-0.1, -0.05) is 42.3 Å². The third kappa shape index (κ3) is 3.63. The molecule has 1 rings (SSSR count). The van der Waals surface area contributed by atoms with Crippen molar-refractivity contribution in [2.45, 2.75) is 19.4 Å². The highest BCUT2D eigenvalue weighted by Crippen LogP contribution is 2.31. The van der Waals surface area contributed by atoms with Crippen LogP contribution in [-0.2, 0) is 4.74 Å². The summed E-state index contributed by atoms with van der Waals surface area (Å²) in [6.45, 7) is 3.65. The van der Waals surface area contributed by atoms with Crippen LogP contribution in [0.3, 0.4) is 0 Å². The van der Waals surface area contributed by atoms with Crippen molar-refractivity contribution in [3.05, 3.63) is 33.8 Å². The first-order valence-electron chi connectivity index (χ1n) is 5.37. The molecule has 0 aliphatic rings. The van der Waals surface area contributed by atoms with Gasteiger partial charge in [-0.25, -0.2) is 0 Å². The van der Waals surface area contributed by atoms with E-state index in [0.29, 0.717) is 16.7 Å². The lowest BCUT2D eigenvalue weighted by molar-refractivity contribution is 0.183. The summed E-state index contributed by atoms with van der Waals surface area (Å²) in [4.78, 5) is 0. The van der Waals surface area contributed by atoms with Crippen LogP contribution in [-0.4, -0.2) is 20.3 Å². The molecule has 0 radical (unpaired) electrons. The van der Waals surface area contributed by atoms with Crippen molar-refractivity contribution in [1.29, 1.82) is 0 Å². The van der Waals surface area contributed by atoms with Gasteiger partial charge in [-0.2, -0.15) is 0 Å². The number of benzene rings is 1. The number of ether oxygens (including phenoxy) is 1. The summed E-state index contributed by atoms with van der Waals surface area (Å²) in [6.07, 6.45) is 0.879. The van der Waals surface area contributed by atoms with Gasteiger partial charge in [0.2, 0.25) is 0 Å². The lowest BCUT2D eigenvalue weighted by Gasteiger charge is -2.19. The fourth-order valence-corrected chi connectivity index (χ4v) is 2.08. The van der Waals surface area contributed by atoms with Gasteiger partial charge in [-0.05, 0) is 24.6 Å². The highest BCUT2D eigenvalue weighted by atomic mass is 35.5. The Bertz CT molecular complexity index is 331. The van der Waals surface area contributed by atoms with Crippen LogP contribution >= 0.6 is 23.2 Å². The molecule has 1 N–H and O–H groups in total. The van der Waals surface area contributed by atoms with Crippen LogP contribution in [0.2, 0.25) is 10.0 Å². The summed E-state index contributed by atoms with van der Waals surface area (Å²) >= 11 is 12.2. The van der Waals surface area contributed by atoms with Crippen LogP contribution in [0, 0.1) is 0 Å². The molecule has 90 valence electrons. The van der Waals surface area contributed by atoms with E-state index in [2.05, 4.69) is 12.2 Å². The number of halogens is 2. The first-order chi connectivity index (χ1) is 7.70. The molecule has 1 aromatic rings. The third-order valence-electron chi connectivity index (χ3n) is 2.42. The predicted molar refractivity (Wildman–Crippen MR) is 69.4 cm³/mol. The molecule has 0 aromatic heterocycles. The van der Waals surface area contributed by atoms with E-state index in [0.717, 1.165) is 18.5 Å². The molecule has 0 spiro atoms. The Morgan fingerprint density at radius 2 is 2.12 bits per heavy atom. The predicted octanol–water partition coefficient (Wildman–Crippen LogP) is 3.68. The molecular formula is C12H17Cl2NO. The van der Waals surface area contributed by atoms with E-state index in [1.807, 2.05) is 12.1 Å². The number of methoxy groups -OCH3 is 1. The Labute approximate surface area is 107 Å². The van der Waals surface area contributed by atoms with Gasteiger partial charge in [0.25, 0.3) is 0 Å². The lowest BCUT2D eigenvalue weighted by Crippen LogP contribution is -2.22. The smallest absolute Gasteiger partial charge is 0.0640 e. The maximum atomic E-state index is 6.19. The fourth-order valence-electron chi connectivity index (χ4n) is 1.64. The van der Waals surface area contributed by atoms with Crippen molar-refractivity contribution >= 4 is 23.2 Å². The molecule has 0 saturated heterocycles. The van der Waals surface area contributed by atoms with E-state index >= 15 is 0 Å². The maximum Gasteiger partial charge on any atom is 0.0640 e. The van der Waals surface area contributed by atoms with Crippen molar-refractivity contribution in [2.24, 2.45) is 0 Å². The van der Waals surface area contributed by atoms with Crippen LogP contribution in [0.15, 0.2) is 18.2 Å². The molecule has 1 atom stereocenters. The van der Waals surface area contributed by atoms with E-state index in [1.165, 1.54) is 0 Å². The fraction of sp³-hybridized carbons (Fsp3) is 0.500. The summed E-state index contributed by atoms with van der Waals surface area (Å²) in [5.74, 6) is 0. The van der Waals surface area contributed by atoms with Gasteiger partial charge in [0.1, 0.15) is 0 Å². The minimum atomic E-state index is 0.191. The average Bonchev–Trinajstić information content (AvgIpc) is 2.28. The van der Waals surface area contributed by atoms with Crippen LogP contribution < -0.4 is 5.32 Å². The second-order valence-corrected chi connectivity index (χ2v) is 4.32. The maximum absolute atomic E-state index is 6.19. The van der Waals surface area contributed by atoms with Gasteiger partial charge in [-0.15, -0.1) is 0 Å². The van der Waals surface area contributed by atoms with Crippen LogP contribution in [0.4, 0.5) is 0 Å². The second kappa shape index (κ2) is 7.13. The molecule has 0 saturated carbocycles. The zero-order valence-corrected chi connectivity index (χ0v) is 11.1. The van der Waals surface area contributed by atoms with Crippen LogP contribution in [0.5, 0.6) is 0 Å². The highest BCUT2D eigenvalue weighted by Gasteiger charge is 2.14. The topological polar surface area (TPSA) is 21.3 Å². The first-order valence-corrected chi connectivity index (χ1v) is 6.12. The molecule has 0 aliphatic carbocycles. The van der Waals surface area contributed by atoms with Crippen LogP contribution in [0.25, 0.3) is 0 Å². The monoisotopic (exact) mass is 261 g/mol. The average molecular weight is 262 g/mol. The van der Waals surface area contributed by atoms with E-state index < -0.39 is 0 Å². The lowest BCUT2D eigenvalue weighted by atomic mass is 10.0. The minimum Gasteiger partial charge on any atom is -0.385 e.